The van der Waals surface area contributed by atoms with Crippen LogP contribution >= 0.6 is 0 Å². The highest BCUT2D eigenvalue weighted by molar-refractivity contribution is 5.92. The van der Waals surface area contributed by atoms with Crippen molar-refractivity contribution >= 4 is 17.9 Å². The Morgan fingerprint density at radius 1 is 1.11 bits per heavy atom. The summed E-state index contributed by atoms with van der Waals surface area (Å²) in [7, 11) is 0. The molecule has 0 radical (unpaired) electrons. The van der Waals surface area contributed by atoms with E-state index in [1.165, 1.54) is 0 Å². The number of phenols is 1. The average Bonchev–Trinajstić information content (AvgIpc) is 2.82. The fourth-order valence-corrected chi connectivity index (χ4v) is 4.93. The normalized spacial score (nSPS) is 16.9. The van der Waals surface area contributed by atoms with Gasteiger partial charge in [-0.15, -0.1) is 0 Å². The Morgan fingerprint density at radius 3 is 2.26 bits per heavy atom. The molecule has 1 aromatic carbocycles. The Hall–Kier alpha value is -2.77. The number of carbonyl (C=O) groups is 3. The fraction of sp³-hybridized carbons (Fsp3) is 0.700. The number of ether oxygens (including phenoxy) is 1. The van der Waals surface area contributed by atoms with Gasteiger partial charge in [0.25, 0.3) is 0 Å². The maximum Gasteiger partial charge on any atom is 0.408 e. The molecule has 0 aromatic heterocycles. The van der Waals surface area contributed by atoms with Crippen LogP contribution in [0.3, 0.4) is 0 Å². The van der Waals surface area contributed by atoms with Gasteiger partial charge in [0, 0.05) is 12.1 Å². The van der Waals surface area contributed by atoms with Gasteiger partial charge in [-0.2, -0.15) is 0 Å². The molecule has 0 saturated heterocycles. The van der Waals surface area contributed by atoms with Crippen LogP contribution in [0.25, 0.3) is 0 Å². The van der Waals surface area contributed by atoms with E-state index in [0.29, 0.717) is 24.0 Å². The van der Waals surface area contributed by atoms with Crippen LogP contribution in [0.1, 0.15) is 111 Å². The molecule has 1 fully saturated rings. The maximum atomic E-state index is 14.3. The molecule has 3 atom stereocenters. The lowest BCUT2D eigenvalue weighted by Crippen LogP contribution is -2.56. The molecule has 2 rings (SSSR count). The summed E-state index contributed by atoms with van der Waals surface area (Å²) in [5.41, 5.74) is 0.542. The van der Waals surface area contributed by atoms with Crippen LogP contribution in [0.15, 0.2) is 18.2 Å². The van der Waals surface area contributed by atoms with Crippen molar-refractivity contribution in [2.75, 3.05) is 0 Å². The van der Waals surface area contributed by atoms with E-state index in [-0.39, 0.29) is 35.6 Å². The van der Waals surface area contributed by atoms with Crippen LogP contribution < -0.4 is 10.6 Å². The van der Waals surface area contributed by atoms with E-state index in [2.05, 4.69) is 10.6 Å². The number of nitrogens with zero attached hydrogens (tertiary/aromatic N) is 1. The quantitative estimate of drug-likeness (QED) is 0.356. The number of aryl methyl sites for hydroxylation is 1. The Labute approximate surface area is 228 Å². The van der Waals surface area contributed by atoms with E-state index in [1.807, 2.05) is 27.7 Å². The minimum absolute atomic E-state index is 0.0668. The van der Waals surface area contributed by atoms with Crippen LogP contribution in [-0.4, -0.2) is 51.6 Å². The Morgan fingerprint density at radius 2 is 1.74 bits per heavy atom. The zero-order chi connectivity index (χ0) is 28.6. The van der Waals surface area contributed by atoms with Gasteiger partial charge in [-0.05, 0) is 89.5 Å². The second-order valence-corrected chi connectivity index (χ2v) is 12.1. The standard InChI is InChI=1S/C30H49N3O5/c1-9-21(5)33(28(36)24(17-19(2)3)32-29(37)38-30(6,7)8)26(22-15-16-25(34)20(4)18-22)27(35)31-23-13-11-10-12-14-23/h15-16,18-19,21,23-24,26,34H,9-14,17H2,1-8H3,(H,31,35)(H,32,37). The summed E-state index contributed by atoms with van der Waals surface area (Å²) in [4.78, 5) is 42.6. The molecule has 1 aliphatic rings. The van der Waals surface area contributed by atoms with E-state index in [4.69, 9.17) is 4.74 Å². The van der Waals surface area contributed by atoms with Crippen LogP contribution in [0.5, 0.6) is 5.75 Å². The van der Waals surface area contributed by atoms with Crippen molar-refractivity contribution in [1.29, 1.82) is 0 Å². The third-order valence-electron chi connectivity index (χ3n) is 7.03. The highest BCUT2D eigenvalue weighted by Gasteiger charge is 2.39. The topological polar surface area (TPSA) is 108 Å². The molecule has 38 heavy (non-hydrogen) atoms. The van der Waals surface area contributed by atoms with Crippen LogP contribution in [0, 0.1) is 12.8 Å². The van der Waals surface area contributed by atoms with E-state index >= 15 is 0 Å². The number of hydrogen-bond acceptors (Lipinski definition) is 5. The van der Waals surface area contributed by atoms with Gasteiger partial charge in [0.1, 0.15) is 23.4 Å². The molecule has 0 bridgehead atoms. The average molecular weight is 532 g/mol. The zero-order valence-electron chi connectivity index (χ0n) is 24.6. The van der Waals surface area contributed by atoms with Crippen LogP contribution in [0.2, 0.25) is 0 Å². The summed E-state index contributed by atoms with van der Waals surface area (Å²) in [5, 5.41) is 16.2. The lowest BCUT2D eigenvalue weighted by molar-refractivity contribution is -0.145. The largest absolute Gasteiger partial charge is 0.508 e. The molecule has 3 amide bonds. The van der Waals surface area contributed by atoms with Crippen molar-refractivity contribution in [1.82, 2.24) is 15.5 Å². The predicted octanol–water partition coefficient (Wildman–Crippen LogP) is 5.76. The molecule has 8 heteroatoms. The summed E-state index contributed by atoms with van der Waals surface area (Å²) < 4.78 is 5.46. The third-order valence-corrected chi connectivity index (χ3v) is 7.03. The number of nitrogens with one attached hydrogen (secondary N) is 2. The first-order valence-corrected chi connectivity index (χ1v) is 14.1. The predicted molar refractivity (Wildman–Crippen MR) is 150 cm³/mol. The lowest BCUT2D eigenvalue weighted by Gasteiger charge is -2.39. The van der Waals surface area contributed by atoms with Gasteiger partial charge in [0.2, 0.25) is 11.8 Å². The zero-order valence-corrected chi connectivity index (χ0v) is 24.6. The van der Waals surface area contributed by atoms with Crippen molar-refractivity contribution in [2.24, 2.45) is 5.92 Å². The summed E-state index contributed by atoms with van der Waals surface area (Å²) in [5.74, 6) is -0.321. The third kappa shape index (κ3) is 9.21. The van der Waals surface area contributed by atoms with E-state index < -0.39 is 23.8 Å². The molecule has 3 unspecified atom stereocenters. The Kier molecular flexibility index (Phi) is 11.5. The summed E-state index contributed by atoms with van der Waals surface area (Å²) in [6.45, 7) is 15.0. The molecule has 1 aliphatic carbocycles. The molecule has 1 aromatic rings. The molecule has 0 aliphatic heterocycles. The summed E-state index contributed by atoms with van der Waals surface area (Å²) in [6.07, 6.45) is 5.49. The number of alkyl carbamates (subject to hydrolysis) is 1. The summed E-state index contributed by atoms with van der Waals surface area (Å²) >= 11 is 0. The second kappa shape index (κ2) is 13.9. The van der Waals surface area contributed by atoms with Gasteiger partial charge in [-0.1, -0.05) is 46.1 Å². The minimum atomic E-state index is -0.909. The van der Waals surface area contributed by atoms with E-state index in [1.54, 1.807) is 50.8 Å². The number of phenolic OH excluding ortho intramolecular Hbond substituents is 1. The number of amides is 3. The van der Waals surface area contributed by atoms with Crippen molar-refractivity contribution in [3.63, 3.8) is 0 Å². The van der Waals surface area contributed by atoms with Gasteiger partial charge in [-0.3, -0.25) is 9.59 Å². The number of aromatic hydroxyl groups is 1. The highest BCUT2D eigenvalue weighted by atomic mass is 16.6. The second-order valence-electron chi connectivity index (χ2n) is 12.1. The fourth-order valence-electron chi connectivity index (χ4n) is 4.93. The van der Waals surface area contributed by atoms with Crippen LogP contribution in [-0.2, 0) is 14.3 Å². The molecule has 0 spiro atoms. The summed E-state index contributed by atoms with van der Waals surface area (Å²) in [6, 6.07) is 3.05. The molecule has 0 heterocycles. The molecule has 3 N–H and O–H groups in total. The Bertz CT molecular complexity index is 950. The smallest absolute Gasteiger partial charge is 0.408 e. The van der Waals surface area contributed by atoms with Gasteiger partial charge >= 0.3 is 6.09 Å². The monoisotopic (exact) mass is 531 g/mol. The molecule has 8 nitrogen and oxygen atoms in total. The van der Waals surface area contributed by atoms with Crippen molar-refractivity contribution in [3.05, 3.63) is 29.3 Å². The first-order chi connectivity index (χ1) is 17.7. The van der Waals surface area contributed by atoms with Gasteiger partial charge < -0.3 is 25.4 Å². The highest BCUT2D eigenvalue weighted by Crippen LogP contribution is 2.31. The van der Waals surface area contributed by atoms with Crippen LogP contribution in [0.4, 0.5) is 4.79 Å². The SMILES string of the molecule is CCC(C)N(C(=O)C(CC(C)C)NC(=O)OC(C)(C)C)C(C(=O)NC1CCCCC1)c1ccc(O)c(C)c1. The number of benzene rings is 1. The maximum absolute atomic E-state index is 14.3. The number of hydrogen-bond donors (Lipinski definition) is 3. The first-order valence-electron chi connectivity index (χ1n) is 14.1. The number of carbonyl (C=O) groups excluding carboxylic acids is 3. The molecular formula is C30H49N3O5. The van der Waals surface area contributed by atoms with E-state index in [0.717, 1.165) is 32.1 Å². The number of rotatable bonds is 10. The lowest BCUT2D eigenvalue weighted by atomic mass is 9.93. The molecular weight excluding hydrogens is 482 g/mol. The van der Waals surface area contributed by atoms with Gasteiger partial charge in [0.15, 0.2) is 0 Å². The molecule has 1 saturated carbocycles. The van der Waals surface area contributed by atoms with Gasteiger partial charge in [0.05, 0.1) is 0 Å². The van der Waals surface area contributed by atoms with E-state index in [9.17, 15) is 19.5 Å². The minimum Gasteiger partial charge on any atom is -0.508 e. The first kappa shape index (κ1) is 31.4. The van der Waals surface area contributed by atoms with Crippen molar-refractivity contribution in [3.8, 4) is 5.75 Å². The van der Waals surface area contributed by atoms with Gasteiger partial charge in [-0.25, -0.2) is 4.79 Å². The van der Waals surface area contributed by atoms with Crippen molar-refractivity contribution < 1.29 is 24.2 Å². The Balaban J connectivity index is 2.52. The molecule has 214 valence electrons. The van der Waals surface area contributed by atoms with Crippen molar-refractivity contribution in [2.45, 2.75) is 130 Å².